The Labute approximate surface area is 161 Å². The summed E-state index contributed by atoms with van der Waals surface area (Å²) in [6.07, 6.45) is 2.86. The molecule has 0 unspecified atom stereocenters. The first-order valence-corrected chi connectivity index (χ1v) is 9.46. The normalized spacial score (nSPS) is 11.6. The van der Waals surface area contributed by atoms with E-state index in [4.69, 9.17) is 4.74 Å². The summed E-state index contributed by atoms with van der Waals surface area (Å²) in [6, 6.07) is 4.86. The minimum Gasteiger partial charge on any atom is -0.490 e. The van der Waals surface area contributed by atoms with Crippen molar-refractivity contribution in [1.82, 2.24) is 15.6 Å². The van der Waals surface area contributed by atoms with Gasteiger partial charge in [0.25, 0.3) is 0 Å². The molecule has 0 saturated carbocycles. The average Bonchev–Trinajstić information content (AvgIpc) is 3.12. The smallest absolute Gasteiger partial charge is 0.387 e. The molecule has 0 amide bonds. The molecule has 0 spiro atoms. The molecule has 148 valence electrons. The molecule has 9 heteroatoms. The second-order valence-electron chi connectivity index (χ2n) is 5.45. The summed E-state index contributed by atoms with van der Waals surface area (Å²) in [5, 5.41) is 7.37. The first-order chi connectivity index (χ1) is 13.0. The van der Waals surface area contributed by atoms with Crippen molar-refractivity contribution in [2.24, 2.45) is 4.99 Å². The van der Waals surface area contributed by atoms with Crippen LogP contribution >= 0.6 is 11.3 Å². The van der Waals surface area contributed by atoms with Gasteiger partial charge in [-0.3, -0.25) is 4.99 Å². The van der Waals surface area contributed by atoms with Crippen molar-refractivity contribution in [3.8, 4) is 11.5 Å². The van der Waals surface area contributed by atoms with Crippen molar-refractivity contribution in [3.63, 3.8) is 0 Å². The van der Waals surface area contributed by atoms with Gasteiger partial charge in [-0.2, -0.15) is 8.78 Å². The quantitative estimate of drug-likeness (QED) is 0.499. The Morgan fingerprint density at radius 1 is 1.22 bits per heavy atom. The lowest BCUT2D eigenvalue weighted by molar-refractivity contribution is -0.0514. The number of ether oxygens (including phenoxy) is 2. The number of thiazole rings is 1. The summed E-state index contributed by atoms with van der Waals surface area (Å²) >= 11 is 1.67. The molecule has 0 atom stereocenters. The number of benzene rings is 1. The first-order valence-electron chi connectivity index (χ1n) is 8.64. The standard InChI is InChI=1S/C18H24F2N4O2S/c1-4-13-10-22-16(27-13)11-24-18(21-3)23-9-12-6-7-14(26-17(19)20)15(8-12)25-5-2/h6-8,10,17H,4-5,9,11H2,1-3H3,(H2,21,23,24). The number of aliphatic imine (C=N–C) groups is 1. The molecule has 0 aliphatic carbocycles. The molecule has 2 aromatic rings. The number of alkyl halides is 2. The van der Waals surface area contributed by atoms with Crippen LogP contribution in [0.15, 0.2) is 29.4 Å². The maximum absolute atomic E-state index is 12.5. The van der Waals surface area contributed by atoms with Gasteiger partial charge in [0.15, 0.2) is 17.5 Å². The van der Waals surface area contributed by atoms with E-state index < -0.39 is 6.61 Å². The van der Waals surface area contributed by atoms with Crippen LogP contribution in [0.1, 0.15) is 29.3 Å². The summed E-state index contributed by atoms with van der Waals surface area (Å²) in [7, 11) is 1.68. The van der Waals surface area contributed by atoms with Gasteiger partial charge in [-0.25, -0.2) is 4.98 Å². The van der Waals surface area contributed by atoms with Crippen LogP contribution in [-0.4, -0.2) is 31.2 Å². The van der Waals surface area contributed by atoms with Crippen molar-refractivity contribution in [3.05, 3.63) is 39.8 Å². The number of hydrogen-bond donors (Lipinski definition) is 2. The van der Waals surface area contributed by atoms with Gasteiger partial charge in [0, 0.05) is 24.7 Å². The maximum atomic E-state index is 12.5. The van der Waals surface area contributed by atoms with E-state index in [0.29, 0.717) is 25.7 Å². The Balaban J connectivity index is 1.93. The fourth-order valence-electron chi connectivity index (χ4n) is 2.28. The number of hydrogen-bond acceptors (Lipinski definition) is 5. The van der Waals surface area contributed by atoms with Crippen molar-refractivity contribution in [2.45, 2.75) is 40.0 Å². The van der Waals surface area contributed by atoms with Crippen molar-refractivity contribution >= 4 is 17.3 Å². The zero-order chi connectivity index (χ0) is 19.6. The predicted molar refractivity (Wildman–Crippen MR) is 103 cm³/mol. The van der Waals surface area contributed by atoms with E-state index in [1.54, 1.807) is 37.4 Å². The highest BCUT2D eigenvalue weighted by molar-refractivity contribution is 7.11. The van der Waals surface area contributed by atoms with Gasteiger partial charge in [0.2, 0.25) is 0 Å². The van der Waals surface area contributed by atoms with Gasteiger partial charge in [-0.1, -0.05) is 13.0 Å². The molecule has 1 aromatic carbocycles. The topological polar surface area (TPSA) is 67.8 Å². The third kappa shape index (κ3) is 6.67. The van der Waals surface area contributed by atoms with E-state index in [9.17, 15) is 8.78 Å². The zero-order valence-electron chi connectivity index (χ0n) is 15.6. The molecule has 0 aliphatic rings. The molecule has 27 heavy (non-hydrogen) atoms. The van der Waals surface area contributed by atoms with E-state index in [2.05, 4.69) is 32.3 Å². The van der Waals surface area contributed by atoms with Gasteiger partial charge >= 0.3 is 6.61 Å². The van der Waals surface area contributed by atoms with Crippen LogP contribution in [0.5, 0.6) is 11.5 Å². The number of rotatable bonds is 9. The van der Waals surface area contributed by atoms with E-state index in [-0.39, 0.29) is 11.5 Å². The van der Waals surface area contributed by atoms with E-state index >= 15 is 0 Å². The highest BCUT2D eigenvalue weighted by atomic mass is 32.1. The molecule has 0 aliphatic heterocycles. The Bertz CT molecular complexity index is 753. The third-order valence-corrected chi connectivity index (χ3v) is 4.71. The fourth-order valence-corrected chi connectivity index (χ4v) is 3.09. The minimum absolute atomic E-state index is 0.0219. The number of nitrogens with one attached hydrogen (secondary N) is 2. The van der Waals surface area contributed by atoms with E-state index in [0.717, 1.165) is 17.0 Å². The molecule has 0 saturated heterocycles. The van der Waals surface area contributed by atoms with Gasteiger partial charge in [0.1, 0.15) is 5.01 Å². The SMILES string of the molecule is CCOc1cc(CNC(=NC)NCc2ncc(CC)s2)ccc1OC(F)F. The summed E-state index contributed by atoms with van der Waals surface area (Å²) in [5.74, 6) is 0.928. The lowest BCUT2D eigenvalue weighted by Gasteiger charge is -2.14. The van der Waals surface area contributed by atoms with Crippen molar-refractivity contribution in [1.29, 1.82) is 0 Å². The second kappa shape index (κ2) is 10.7. The second-order valence-corrected chi connectivity index (χ2v) is 6.65. The summed E-state index contributed by atoms with van der Waals surface area (Å²) in [6.45, 7) is 2.37. The van der Waals surface area contributed by atoms with E-state index in [1.807, 2.05) is 6.20 Å². The number of nitrogens with zero attached hydrogens (tertiary/aromatic N) is 2. The molecular formula is C18H24F2N4O2S. The minimum atomic E-state index is -2.89. The number of halogens is 2. The Kier molecular flexibility index (Phi) is 8.25. The number of aryl methyl sites for hydroxylation is 1. The molecule has 6 nitrogen and oxygen atoms in total. The zero-order valence-corrected chi connectivity index (χ0v) is 16.4. The monoisotopic (exact) mass is 398 g/mol. The molecule has 0 fully saturated rings. The highest BCUT2D eigenvalue weighted by Crippen LogP contribution is 2.29. The molecule has 2 N–H and O–H groups in total. The fraction of sp³-hybridized carbons (Fsp3) is 0.444. The average molecular weight is 398 g/mol. The van der Waals surface area contributed by atoms with Crippen LogP contribution < -0.4 is 20.1 Å². The largest absolute Gasteiger partial charge is 0.490 e. The van der Waals surface area contributed by atoms with E-state index in [1.165, 1.54) is 10.9 Å². The lowest BCUT2D eigenvalue weighted by Crippen LogP contribution is -2.36. The molecule has 1 heterocycles. The summed E-state index contributed by atoms with van der Waals surface area (Å²) < 4.78 is 34.8. The van der Waals surface area contributed by atoms with Crippen molar-refractivity contribution in [2.75, 3.05) is 13.7 Å². The summed E-state index contributed by atoms with van der Waals surface area (Å²) in [5.41, 5.74) is 0.852. The lowest BCUT2D eigenvalue weighted by atomic mass is 10.2. The molecule has 0 radical (unpaired) electrons. The van der Waals surface area contributed by atoms with Crippen LogP contribution in [0.4, 0.5) is 8.78 Å². The first kappa shape index (κ1) is 20.9. The van der Waals surface area contributed by atoms with Crippen LogP contribution in [0, 0.1) is 0 Å². The molecule has 0 bridgehead atoms. The Morgan fingerprint density at radius 2 is 2.00 bits per heavy atom. The predicted octanol–water partition coefficient (Wildman–Crippen LogP) is 3.57. The van der Waals surface area contributed by atoms with Gasteiger partial charge in [-0.15, -0.1) is 11.3 Å². The van der Waals surface area contributed by atoms with Gasteiger partial charge < -0.3 is 20.1 Å². The van der Waals surface area contributed by atoms with Crippen LogP contribution in [0.2, 0.25) is 0 Å². The summed E-state index contributed by atoms with van der Waals surface area (Å²) in [4.78, 5) is 9.78. The molecule has 1 aromatic heterocycles. The molecular weight excluding hydrogens is 374 g/mol. The number of guanidine groups is 1. The highest BCUT2D eigenvalue weighted by Gasteiger charge is 2.12. The Hall–Kier alpha value is -2.42. The van der Waals surface area contributed by atoms with Crippen LogP contribution in [0.25, 0.3) is 0 Å². The Morgan fingerprint density at radius 3 is 2.63 bits per heavy atom. The molecule has 2 rings (SSSR count). The van der Waals surface area contributed by atoms with Crippen molar-refractivity contribution < 1.29 is 18.3 Å². The van der Waals surface area contributed by atoms with Crippen LogP contribution in [-0.2, 0) is 19.5 Å². The van der Waals surface area contributed by atoms with Gasteiger partial charge in [0.05, 0.1) is 13.2 Å². The van der Waals surface area contributed by atoms with Crippen LogP contribution in [0.3, 0.4) is 0 Å². The van der Waals surface area contributed by atoms with Gasteiger partial charge in [-0.05, 0) is 31.0 Å². The number of aromatic nitrogens is 1. The maximum Gasteiger partial charge on any atom is 0.387 e. The third-order valence-electron chi connectivity index (χ3n) is 3.56.